The second-order valence-corrected chi connectivity index (χ2v) is 5.32. The first-order valence-corrected chi connectivity index (χ1v) is 7.79. The van der Waals surface area contributed by atoms with Crippen LogP contribution in [-0.2, 0) is 17.8 Å². The van der Waals surface area contributed by atoms with Gasteiger partial charge in [-0.25, -0.2) is 0 Å². The molecule has 0 heterocycles. The second-order valence-electron chi connectivity index (χ2n) is 5.32. The van der Waals surface area contributed by atoms with Gasteiger partial charge in [0.25, 0.3) is 0 Å². The zero-order valence-electron chi connectivity index (χ0n) is 14.9. The largest absolute Gasteiger partial charge is 0.497 e. The van der Waals surface area contributed by atoms with Gasteiger partial charge in [0, 0.05) is 12.1 Å². The first-order valence-electron chi connectivity index (χ1n) is 7.79. The number of carbonyl (C=O) groups excluding carboxylic acids is 1. The lowest BCUT2D eigenvalue weighted by Gasteiger charge is -2.12. The Hall–Kier alpha value is -2.89. The quantitative estimate of drug-likeness (QED) is 0.797. The predicted octanol–water partition coefficient (Wildman–Crippen LogP) is 2.58. The van der Waals surface area contributed by atoms with E-state index in [1.54, 1.807) is 40.6 Å². The molecular formula is C19H23NO5. The molecule has 0 saturated heterocycles. The first-order chi connectivity index (χ1) is 12.1. The van der Waals surface area contributed by atoms with Crippen molar-refractivity contribution in [2.75, 3.05) is 28.4 Å². The molecule has 0 aliphatic rings. The summed E-state index contributed by atoms with van der Waals surface area (Å²) in [5, 5.41) is 2.89. The minimum absolute atomic E-state index is 0.0999. The second kappa shape index (κ2) is 8.82. The van der Waals surface area contributed by atoms with Crippen molar-refractivity contribution in [3.8, 4) is 23.0 Å². The fourth-order valence-electron chi connectivity index (χ4n) is 2.45. The van der Waals surface area contributed by atoms with Crippen molar-refractivity contribution in [2.45, 2.75) is 13.0 Å². The Morgan fingerprint density at radius 3 is 2.16 bits per heavy atom. The van der Waals surface area contributed by atoms with E-state index >= 15 is 0 Å². The fraction of sp³-hybridized carbons (Fsp3) is 0.316. The zero-order valence-corrected chi connectivity index (χ0v) is 14.9. The Bertz CT molecular complexity index is 730. The van der Waals surface area contributed by atoms with E-state index in [4.69, 9.17) is 18.9 Å². The molecule has 0 spiro atoms. The molecule has 1 N–H and O–H groups in total. The van der Waals surface area contributed by atoms with Gasteiger partial charge < -0.3 is 24.3 Å². The molecule has 0 atom stereocenters. The normalized spacial score (nSPS) is 10.1. The van der Waals surface area contributed by atoms with E-state index in [-0.39, 0.29) is 12.3 Å². The van der Waals surface area contributed by atoms with E-state index in [0.29, 0.717) is 29.5 Å². The summed E-state index contributed by atoms with van der Waals surface area (Å²) in [5.41, 5.74) is 1.69. The van der Waals surface area contributed by atoms with E-state index in [0.717, 1.165) is 11.1 Å². The van der Waals surface area contributed by atoms with Crippen LogP contribution in [0.3, 0.4) is 0 Å². The van der Waals surface area contributed by atoms with Crippen molar-refractivity contribution in [3.05, 3.63) is 47.5 Å². The average Bonchev–Trinajstić information content (AvgIpc) is 2.65. The van der Waals surface area contributed by atoms with Gasteiger partial charge in [0.2, 0.25) is 5.91 Å². The number of hydrogen-bond acceptors (Lipinski definition) is 5. The number of benzene rings is 2. The lowest BCUT2D eigenvalue weighted by molar-refractivity contribution is -0.120. The molecule has 2 aromatic rings. The van der Waals surface area contributed by atoms with Crippen molar-refractivity contribution in [1.82, 2.24) is 5.32 Å². The smallest absolute Gasteiger partial charge is 0.224 e. The van der Waals surface area contributed by atoms with E-state index in [9.17, 15) is 4.79 Å². The maximum Gasteiger partial charge on any atom is 0.224 e. The van der Waals surface area contributed by atoms with Crippen LogP contribution in [0.15, 0.2) is 36.4 Å². The maximum atomic E-state index is 12.2. The van der Waals surface area contributed by atoms with Gasteiger partial charge >= 0.3 is 0 Å². The highest BCUT2D eigenvalue weighted by atomic mass is 16.5. The third-order valence-corrected chi connectivity index (χ3v) is 3.78. The third kappa shape index (κ3) is 4.79. The SMILES string of the molecule is COc1ccc(OC)c(CNC(=O)Cc2ccc(OC)c(OC)c2)c1. The van der Waals surface area contributed by atoms with Crippen LogP contribution in [0.25, 0.3) is 0 Å². The Balaban J connectivity index is 2.01. The summed E-state index contributed by atoms with van der Waals surface area (Å²) in [6.45, 7) is 0.354. The Kier molecular flexibility index (Phi) is 6.51. The van der Waals surface area contributed by atoms with E-state index in [1.165, 1.54) is 0 Å². The molecule has 0 radical (unpaired) electrons. The van der Waals surface area contributed by atoms with Crippen LogP contribution in [0.4, 0.5) is 0 Å². The molecular weight excluding hydrogens is 322 g/mol. The number of methoxy groups -OCH3 is 4. The van der Waals surface area contributed by atoms with Crippen LogP contribution in [0.1, 0.15) is 11.1 Å². The Labute approximate surface area is 147 Å². The van der Waals surface area contributed by atoms with Crippen LogP contribution < -0.4 is 24.3 Å². The molecule has 0 bridgehead atoms. The molecule has 0 aromatic heterocycles. The zero-order chi connectivity index (χ0) is 18.2. The molecule has 0 unspecified atom stereocenters. The molecule has 0 fully saturated rings. The Morgan fingerprint density at radius 1 is 0.840 bits per heavy atom. The number of rotatable bonds is 8. The van der Waals surface area contributed by atoms with Crippen molar-refractivity contribution in [3.63, 3.8) is 0 Å². The molecule has 0 aliphatic heterocycles. The van der Waals surface area contributed by atoms with Gasteiger partial charge in [0.1, 0.15) is 11.5 Å². The summed E-state index contributed by atoms with van der Waals surface area (Å²) in [5.74, 6) is 2.55. The van der Waals surface area contributed by atoms with Gasteiger partial charge in [-0.15, -0.1) is 0 Å². The topological polar surface area (TPSA) is 66.0 Å². The molecule has 0 aliphatic carbocycles. The van der Waals surface area contributed by atoms with Gasteiger partial charge in [-0.2, -0.15) is 0 Å². The fourth-order valence-corrected chi connectivity index (χ4v) is 2.45. The van der Waals surface area contributed by atoms with Crippen molar-refractivity contribution in [2.24, 2.45) is 0 Å². The summed E-state index contributed by atoms with van der Waals surface area (Å²) in [6.07, 6.45) is 0.243. The Morgan fingerprint density at radius 2 is 1.52 bits per heavy atom. The molecule has 0 saturated carbocycles. The highest BCUT2D eigenvalue weighted by Crippen LogP contribution is 2.28. The van der Waals surface area contributed by atoms with E-state index < -0.39 is 0 Å². The van der Waals surface area contributed by atoms with Crippen molar-refractivity contribution < 1.29 is 23.7 Å². The van der Waals surface area contributed by atoms with Gasteiger partial charge in [-0.05, 0) is 35.9 Å². The molecule has 25 heavy (non-hydrogen) atoms. The number of carbonyl (C=O) groups is 1. The van der Waals surface area contributed by atoms with Gasteiger partial charge in [0.05, 0.1) is 34.9 Å². The monoisotopic (exact) mass is 345 g/mol. The summed E-state index contributed by atoms with van der Waals surface area (Å²) in [7, 11) is 6.33. The highest BCUT2D eigenvalue weighted by Gasteiger charge is 2.10. The molecule has 2 rings (SSSR count). The predicted molar refractivity (Wildman–Crippen MR) is 94.6 cm³/mol. The summed E-state index contributed by atoms with van der Waals surface area (Å²) >= 11 is 0. The number of nitrogens with one attached hydrogen (secondary N) is 1. The lowest BCUT2D eigenvalue weighted by Crippen LogP contribution is -2.24. The lowest BCUT2D eigenvalue weighted by atomic mass is 10.1. The van der Waals surface area contributed by atoms with E-state index in [2.05, 4.69) is 5.32 Å². The molecule has 134 valence electrons. The van der Waals surface area contributed by atoms with Gasteiger partial charge in [-0.3, -0.25) is 4.79 Å². The van der Waals surface area contributed by atoms with Crippen LogP contribution >= 0.6 is 0 Å². The third-order valence-electron chi connectivity index (χ3n) is 3.78. The number of hydrogen-bond donors (Lipinski definition) is 1. The highest BCUT2D eigenvalue weighted by molar-refractivity contribution is 5.78. The van der Waals surface area contributed by atoms with E-state index in [1.807, 2.05) is 24.3 Å². The van der Waals surface area contributed by atoms with Crippen molar-refractivity contribution in [1.29, 1.82) is 0 Å². The molecule has 6 heteroatoms. The molecule has 2 aromatic carbocycles. The maximum absolute atomic E-state index is 12.2. The van der Waals surface area contributed by atoms with Gasteiger partial charge in [0.15, 0.2) is 11.5 Å². The van der Waals surface area contributed by atoms with Crippen molar-refractivity contribution >= 4 is 5.91 Å². The summed E-state index contributed by atoms with van der Waals surface area (Å²) in [6, 6.07) is 10.9. The number of amides is 1. The number of ether oxygens (including phenoxy) is 4. The van der Waals surface area contributed by atoms with Crippen LogP contribution in [0.2, 0.25) is 0 Å². The van der Waals surface area contributed by atoms with Crippen LogP contribution in [0.5, 0.6) is 23.0 Å². The summed E-state index contributed by atoms with van der Waals surface area (Å²) in [4.78, 5) is 12.2. The molecule has 1 amide bonds. The molecule has 6 nitrogen and oxygen atoms in total. The van der Waals surface area contributed by atoms with Crippen LogP contribution in [0, 0.1) is 0 Å². The first kappa shape index (κ1) is 18.4. The minimum atomic E-state index is -0.0999. The average molecular weight is 345 g/mol. The standard InChI is InChI=1S/C19H23NO5/c1-22-15-6-8-16(23-2)14(11-15)12-20-19(21)10-13-5-7-17(24-3)18(9-13)25-4/h5-9,11H,10,12H2,1-4H3,(H,20,21). The minimum Gasteiger partial charge on any atom is -0.497 e. The summed E-state index contributed by atoms with van der Waals surface area (Å²) < 4.78 is 21.0. The van der Waals surface area contributed by atoms with Gasteiger partial charge in [-0.1, -0.05) is 6.07 Å². The van der Waals surface area contributed by atoms with Crippen LogP contribution in [-0.4, -0.2) is 34.3 Å².